The number of fused-ring (bicyclic) bond motifs is 2. The minimum Gasteiger partial charge on any atom is -0.480 e. The molecule has 2 aromatic rings. The lowest BCUT2D eigenvalue weighted by molar-refractivity contribution is 0.157. The Morgan fingerprint density at radius 2 is 2.05 bits per heavy atom. The van der Waals surface area contributed by atoms with Gasteiger partial charge in [0.25, 0.3) is 0 Å². The number of aryl methyl sites for hydroxylation is 1. The molecule has 0 saturated carbocycles. The molecule has 0 saturated heterocycles. The molecule has 0 aliphatic heterocycles. The van der Waals surface area contributed by atoms with Gasteiger partial charge in [0.05, 0.1) is 31.2 Å². The van der Waals surface area contributed by atoms with E-state index >= 15 is 0 Å². The number of aliphatic hydroxyl groups is 1. The van der Waals surface area contributed by atoms with Crippen molar-refractivity contribution in [3.05, 3.63) is 23.3 Å². The highest BCUT2D eigenvalue weighted by Crippen LogP contribution is 2.35. The van der Waals surface area contributed by atoms with Crippen LogP contribution in [0, 0.1) is 0 Å². The van der Waals surface area contributed by atoms with Crippen LogP contribution in [-0.2, 0) is 6.42 Å². The molecule has 1 N–H and O–H groups in total. The molecule has 0 amide bonds. The molecule has 3 rings (SSSR count). The van der Waals surface area contributed by atoms with Crippen LogP contribution in [0.25, 0.3) is 10.9 Å². The van der Waals surface area contributed by atoms with Gasteiger partial charge >= 0.3 is 6.01 Å². The van der Waals surface area contributed by atoms with Crippen molar-refractivity contribution in [2.45, 2.75) is 25.4 Å². The summed E-state index contributed by atoms with van der Waals surface area (Å²) in [5.74, 6) is 0.474. The molecule has 0 fully saturated rings. The number of rotatable bonds is 2. The lowest BCUT2D eigenvalue weighted by Gasteiger charge is -2.22. The van der Waals surface area contributed by atoms with Crippen LogP contribution < -0.4 is 9.47 Å². The summed E-state index contributed by atoms with van der Waals surface area (Å²) < 4.78 is 10.4. The van der Waals surface area contributed by atoms with Crippen LogP contribution in [0.5, 0.6) is 11.9 Å². The Labute approximate surface area is 111 Å². The number of aromatic nitrogens is 2. The molecule has 5 nitrogen and oxygen atoms in total. The molecule has 1 aliphatic rings. The second kappa shape index (κ2) is 4.66. The number of nitrogens with zero attached hydrogens (tertiary/aromatic N) is 2. The average molecular weight is 260 g/mol. The summed E-state index contributed by atoms with van der Waals surface area (Å²) >= 11 is 0. The summed E-state index contributed by atoms with van der Waals surface area (Å²) in [5, 5.41) is 10.9. The molecule has 1 aliphatic carbocycles. The van der Waals surface area contributed by atoms with E-state index in [1.54, 1.807) is 7.11 Å². The monoisotopic (exact) mass is 260 g/mol. The van der Waals surface area contributed by atoms with Gasteiger partial charge in [0.1, 0.15) is 0 Å². The van der Waals surface area contributed by atoms with E-state index in [0.717, 1.165) is 41.3 Å². The van der Waals surface area contributed by atoms with Gasteiger partial charge < -0.3 is 14.6 Å². The van der Waals surface area contributed by atoms with Crippen LogP contribution in [0.4, 0.5) is 0 Å². The van der Waals surface area contributed by atoms with E-state index in [0.29, 0.717) is 11.9 Å². The lowest BCUT2D eigenvalue weighted by atomic mass is 9.88. The van der Waals surface area contributed by atoms with Crippen molar-refractivity contribution in [3.63, 3.8) is 0 Å². The first-order valence-electron chi connectivity index (χ1n) is 6.33. The normalized spacial score (nSPS) is 18.2. The lowest BCUT2D eigenvalue weighted by Crippen LogP contribution is -2.09. The summed E-state index contributed by atoms with van der Waals surface area (Å²) in [6, 6.07) is 4.23. The largest absolute Gasteiger partial charge is 0.480 e. The molecule has 5 heteroatoms. The van der Waals surface area contributed by atoms with Crippen molar-refractivity contribution >= 4 is 10.9 Å². The highest BCUT2D eigenvalue weighted by Gasteiger charge is 2.20. The Hall–Kier alpha value is -1.88. The highest BCUT2D eigenvalue weighted by molar-refractivity contribution is 5.85. The fourth-order valence-corrected chi connectivity index (χ4v) is 2.60. The predicted octanol–water partition coefficient (Wildman–Crippen LogP) is 2.02. The van der Waals surface area contributed by atoms with Crippen LogP contribution in [0.15, 0.2) is 12.1 Å². The van der Waals surface area contributed by atoms with Crippen molar-refractivity contribution in [2.24, 2.45) is 0 Å². The topological polar surface area (TPSA) is 64.5 Å². The van der Waals surface area contributed by atoms with Gasteiger partial charge in [0.15, 0.2) is 0 Å². The summed E-state index contributed by atoms with van der Waals surface area (Å²) in [7, 11) is 3.10. The maximum Gasteiger partial charge on any atom is 0.320 e. The maximum absolute atomic E-state index is 10.1. The number of hydrogen-bond donors (Lipinski definition) is 1. The Bertz CT molecular complexity index is 628. The number of hydrogen-bond acceptors (Lipinski definition) is 5. The number of methoxy groups -OCH3 is 2. The third kappa shape index (κ3) is 2.00. The van der Waals surface area contributed by atoms with Gasteiger partial charge in [0, 0.05) is 0 Å². The Balaban J connectivity index is 2.27. The molecule has 1 atom stereocenters. The minimum absolute atomic E-state index is 0.292. The van der Waals surface area contributed by atoms with E-state index in [-0.39, 0.29) is 0 Å². The zero-order valence-electron chi connectivity index (χ0n) is 11.0. The summed E-state index contributed by atoms with van der Waals surface area (Å²) in [6.45, 7) is 0. The van der Waals surface area contributed by atoms with Crippen molar-refractivity contribution in [2.75, 3.05) is 14.2 Å². The van der Waals surface area contributed by atoms with Gasteiger partial charge in [-0.3, -0.25) is 0 Å². The Kier molecular flexibility index (Phi) is 2.98. The van der Waals surface area contributed by atoms with Crippen LogP contribution in [0.1, 0.15) is 30.1 Å². The van der Waals surface area contributed by atoms with E-state index in [1.165, 1.54) is 7.11 Å². The second-order valence-electron chi connectivity index (χ2n) is 4.70. The zero-order chi connectivity index (χ0) is 13.4. The standard InChI is InChI=1S/C14H16N2O3/c1-18-13-10-7-9-8(4-3-5-12(9)17)6-11(10)15-14(16-13)19-2/h6-7,12,17H,3-5H2,1-2H3. The van der Waals surface area contributed by atoms with Crippen molar-refractivity contribution in [1.82, 2.24) is 9.97 Å². The summed E-state index contributed by atoms with van der Waals surface area (Å²) in [6.07, 6.45) is 2.37. The number of ether oxygens (including phenoxy) is 2. The predicted molar refractivity (Wildman–Crippen MR) is 70.5 cm³/mol. The molecule has 1 heterocycles. The highest BCUT2D eigenvalue weighted by atomic mass is 16.5. The quantitative estimate of drug-likeness (QED) is 0.894. The number of benzene rings is 1. The minimum atomic E-state index is -0.403. The van der Waals surface area contributed by atoms with Crippen molar-refractivity contribution in [1.29, 1.82) is 0 Å². The zero-order valence-corrected chi connectivity index (χ0v) is 11.0. The SMILES string of the molecule is COc1nc(OC)c2cc3c(cc2n1)CCCC3O. The molecule has 1 aromatic carbocycles. The molecule has 1 unspecified atom stereocenters. The van der Waals surface area contributed by atoms with Gasteiger partial charge in [0.2, 0.25) is 5.88 Å². The van der Waals surface area contributed by atoms with E-state index in [1.807, 2.05) is 12.1 Å². The molecule has 0 spiro atoms. The fraction of sp³-hybridized carbons (Fsp3) is 0.429. The van der Waals surface area contributed by atoms with E-state index in [2.05, 4.69) is 9.97 Å². The maximum atomic E-state index is 10.1. The van der Waals surface area contributed by atoms with Gasteiger partial charge in [-0.05, 0) is 42.5 Å². The first kappa shape index (κ1) is 12.2. The molecule has 0 bridgehead atoms. The number of aliphatic hydroxyl groups excluding tert-OH is 1. The van der Waals surface area contributed by atoms with E-state index in [4.69, 9.17) is 9.47 Å². The van der Waals surface area contributed by atoms with Gasteiger partial charge in [-0.1, -0.05) is 0 Å². The second-order valence-corrected chi connectivity index (χ2v) is 4.70. The first-order valence-corrected chi connectivity index (χ1v) is 6.33. The first-order chi connectivity index (χ1) is 9.22. The molecular weight excluding hydrogens is 244 g/mol. The smallest absolute Gasteiger partial charge is 0.320 e. The molecule has 19 heavy (non-hydrogen) atoms. The average Bonchev–Trinajstić information content (AvgIpc) is 2.44. The summed E-state index contributed by atoms with van der Waals surface area (Å²) in [5.41, 5.74) is 2.90. The van der Waals surface area contributed by atoms with E-state index in [9.17, 15) is 5.11 Å². The van der Waals surface area contributed by atoms with Crippen LogP contribution in [0.2, 0.25) is 0 Å². The van der Waals surface area contributed by atoms with Crippen LogP contribution in [-0.4, -0.2) is 29.3 Å². The third-order valence-corrected chi connectivity index (χ3v) is 3.56. The third-order valence-electron chi connectivity index (χ3n) is 3.56. The summed E-state index contributed by atoms with van der Waals surface area (Å²) in [4.78, 5) is 8.52. The van der Waals surface area contributed by atoms with E-state index < -0.39 is 6.10 Å². The van der Waals surface area contributed by atoms with Gasteiger partial charge in [-0.25, -0.2) is 0 Å². The Morgan fingerprint density at radius 1 is 1.21 bits per heavy atom. The molecule has 0 radical (unpaired) electrons. The van der Waals surface area contributed by atoms with Crippen molar-refractivity contribution in [3.8, 4) is 11.9 Å². The molecule has 100 valence electrons. The van der Waals surface area contributed by atoms with Crippen molar-refractivity contribution < 1.29 is 14.6 Å². The van der Waals surface area contributed by atoms with Gasteiger partial charge in [-0.15, -0.1) is 0 Å². The van der Waals surface area contributed by atoms with Crippen LogP contribution >= 0.6 is 0 Å². The van der Waals surface area contributed by atoms with Gasteiger partial charge in [-0.2, -0.15) is 9.97 Å². The fourth-order valence-electron chi connectivity index (χ4n) is 2.60. The Morgan fingerprint density at radius 3 is 2.79 bits per heavy atom. The van der Waals surface area contributed by atoms with Crippen LogP contribution in [0.3, 0.4) is 0 Å². The molecular formula is C14H16N2O3. The molecule has 1 aromatic heterocycles.